The summed E-state index contributed by atoms with van der Waals surface area (Å²) in [5.41, 5.74) is 0.438. The zero-order valence-corrected chi connectivity index (χ0v) is 13.2. The van der Waals surface area contributed by atoms with Crippen LogP contribution in [-0.2, 0) is 4.79 Å². The van der Waals surface area contributed by atoms with Crippen molar-refractivity contribution in [3.8, 4) is 5.75 Å². The fourth-order valence-corrected chi connectivity index (χ4v) is 3.26. The van der Waals surface area contributed by atoms with Gasteiger partial charge in [0.15, 0.2) is 0 Å². The number of para-hydroxylation sites is 2. The fraction of sp³-hybridized carbons (Fsp3) is 0.529. The van der Waals surface area contributed by atoms with E-state index in [-0.39, 0.29) is 23.6 Å². The third-order valence-electron chi connectivity index (χ3n) is 4.67. The second kappa shape index (κ2) is 6.89. The molecule has 1 aromatic rings. The quantitative estimate of drug-likeness (QED) is 0.822. The maximum absolute atomic E-state index is 12.3. The van der Waals surface area contributed by atoms with E-state index < -0.39 is 0 Å². The number of piperidine rings is 1. The Kier molecular flexibility index (Phi) is 4.69. The average Bonchev–Trinajstić information content (AvgIpc) is 3.11. The van der Waals surface area contributed by atoms with Crippen molar-refractivity contribution >= 4 is 17.6 Å². The van der Waals surface area contributed by atoms with Crippen LogP contribution in [0, 0.1) is 5.92 Å². The van der Waals surface area contributed by atoms with Gasteiger partial charge in [0.1, 0.15) is 5.75 Å². The van der Waals surface area contributed by atoms with Crippen molar-refractivity contribution in [3.05, 3.63) is 24.3 Å². The summed E-state index contributed by atoms with van der Waals surface area (Å²) >= 11 is 0. The highest BCUT2D eigenvalue weighted by molar-refractivity contribution is 5.94. The molecule has 23 heavy (non-hydrogen) atoms. The minimum atomic E-state index is -0.114. The van der Waals surface area contributed by atoms with Gasteiger partial charge < -0.3 is 20.2 Å². The van der Waals surface area contributed by atoms with Gasteiger partial charge in [0.25, 0.3) is 0 Å². The van der Waals surface area contributed by atoms with Crippen molar-refractivity contribution in [2.45, 2.75) is 25.7 Å². The first-order chi connectivity index (χ1) is 11.1. The molecule has 0 aliphatic carbocycles. The number of urea groups is 1. The molecule has 2 N–H and O–H groups in total. The summed E-state index contributed by atoms with van der Waals surface area (Å²) in [6.07, 6.45) is 3.51. The van der Waals surface area contributed by atoms with E-state index in [2.05, 4.69) is 5.32 Å². The van der Waals surface area contributed by atoms with Crippen LogP contribution in [0.2, 0.25) is 0 Å². The number of aromatic hydroxyl groups is 1. The third-order valence-corrected chi connectivity index (χ3v) is 4.67. The highest BCUT2D eigenvalue weighted by atomic mass is 16.3. The minimum absolute atomic E-state index is 0.0718. The van der Waals surface area contributed by atoms with Gasteiger partial charge in [0, 0.05) is 32.1 Å². The molecule has 2 aliphatic rings. The molecule has 2 aliphatic heterocycles. The summed E-state index contributed by atoms with van der Waals surface area (Å²) in [7, 11) is 0. The van der Waals surface area contributed by atoms with Gasteiger partial charge in [-0.1, -0.05) is 12.1 Å². The molecule has 6 heteroatoms. The Balaban J connectivity index is 1.51. The van der Waals surface area contributed by atoms with Gasteiger partial charge in [-0.05, 0) is 37.8 Å². The molecular formula is C17H23N3O3. The molecular weight excluding hydrogens is 294 g/mol. The van der Waals surface area contributed by atoms with Gasteiger partial charge in [0.2, 0.25) is 5.91 Å². The van der Waals surface area contributed by atoms with Crippen molar-refractivity contribution in [2.24, 2.45) is 5.92 Å². The number of likely N-dealkylation sites (tertiary alicyclic amines) is 2. The molecule has 0 bridgehead atoms. The molecule has 6 nitrogen and oxygen atoms in total. The zero-order chi connectivity index (χ0) is 16.2. The Morgan fingerprint density at radius 2 is 1.61 bits per heavy atom. The lowest BCUT2D eigenvalue weighted by Gasteiger charge is -2.34. The number of hydrogen-bond donors (Lipinski definition) is 2. The summed E-state index contributed by atoms with van der Waals surface area (Å²) < 4.78 is 0. The smallest absolute Gasteiger partial charge is 0.319 e. The first-order valence-electron chi connectivity index (χ1n) is 8.28. The number of phenols is 1. The van der Waals surface area contributed by atoms with Crippen molar-refractivity contribution in [2.75, 3.05) is 31.5 Å². The Morgan fingerprint density at radius 1 is 1.00 bits per heavy atom. The molecule has 0 radical (unpaired) electrons. The van der Waals surface area contributed by atoms with Crippen molar-refractivity contribution in [3.63, 3.8) is 0 Å². The number of phenolic OH excluding ortho intramolecular Hbond substituents is 1. The van der Waals surface area contributed by atoms with Crippen LogP contribution >= 0.6 is 0 Å². The van der Waals surface area contributed by atoms with Crippen LogP contribution in [0.5, 0.6) is 5.75 Å². The SMILES string of the molecule is O=C(Nc1ccccc1O)C1CCN(C(=O)N2CCCC2)CC1. The van der Waals surface area contributed by atoms with E-state index in [0.29, 0.717) is 31.6 Å². The van der Waals surface area contributed by atoms with Gasteiger partial charge in [-0.25, -0.2) is 4.79 Å². The van der Waals surface area contributed by atoms with Gasteiger partial charge in [0.05, 0.1) is 5.69 Å². The van der Waals surface area contributed by atoms with E-state index >= 15 is 0 Å². The first kappa shape index (κ1) is 15.6. The zero-order valence-electron chi connectivity index (χ0n) is 13.2. The highest BCUT2D eigenvalue weighted by Crippen LogP contribution is 2.25. The molecule has 0 aromatic heterocycles. The van der Waals surface area contributed by atoms with Crippen LogP contribution in [0.15, 0.2) is 24.3 Å². The Labute approximate surface area is 136 Å². The van der Waals surface area contributed by atoms with E-state index in [0.717, 1.165) is 25.9 Å². The molecule has 0 atom stereocenters. The lowest BCUT2D eigenvalue weighted by atomic mass is 9.96. The van der Waals surface area contributed by atoms with Gasteiger partial charge >= 0.3 is 6.03 Å². The second-order valence-electron chi connectivity index (χ2n) is 6.24. The van der Waals surface area contributed by atoms with Gasteiger partial charge in [-0.15, -0.1) is 0 Å². The predicted octanol–water partition coefficient (Wildman–Crippen LogP) is 2.26. The Bertz CT molecular complexity index is 576. The van der Waals surface area contributed by atoms with Crippen molar-refractivity contribution in [1.29, 1.82) is 0 Å². The minimum Gasteiger partial charge on any atom is -0.506 e. The maximum atomic E-state index is 12.3. The summed E-state index contributed by atoms with van der Waals surface area (Å²) in [5.74, 6) is -0.125. The van der Waals surface area contributed by atoms with E-state index in [4.69, 9.17) is 0 Å². The standard InChI is InChI=1S/C17H23N3O3/c21-15-6-2-1-5-14(15)18-16(22)13-7-11-20(12-8-13)17(23)19-9-3-4-10-19/h1-2,5-6,13,21H,3-4,7-12H2,(H,18,22). The van der Waals surface area contributed by atoms with E-state index in [1.165, 1.54) is 0 Å². The molecule has 3 rings (SSSR count). The largest absolute Gasteiger partial charge is 0.506 e. The van der Waals surface area contributed by atoms with Crippen LogP contribution in [-0.4, -0.2) is 53.0 Å². The molecule has 3 amide bonds. The predicted molar refractivity (Wildman–Crippen MR) is 87.2 cm³/mol. The number of anilines is 1. The number of hydrogen-bond acceptors (Lipinski definition) is 3. The summed E-state index contributed by atoms with van der Waals surface area (Å²) in [6, 6.07) is 6.83. The van der Waals surface area contributed by atoms with Crippen LogP contribution in [0.25, 0.3) is 0 Å². The average molecular weight is 317 g/mol. The molecule has 124 valence electrons. The summed E-state index contributed by atoms with van der Waals surface area (Å²) in [6.45, 7) is 2.95. The van der Waals surface area contributed by atoms with Crippen molar-refractivity contribution in [1.82, 2.24) is 9.80 Å². The number of nitrogens with zero attached hydrogens (tertiary/aromatic N) is 2. The number of nitrogens with one attached hydrogen (secondary N) is 1. The number of carbonyl (C=O) groups is 2. The number of amides is 3. The lowest BCUT2D eigenvalue weighted by molar-refractivity contribution is -0.121. The Morgan fingerprint density at radius 3 is 2.26 bits per heavy atom. The molecule has 2 fully saturated rings. The number of benzene rings is 1. The number of carbonyl (C=O) groups excluding carboxylic acids is 2. The molecule has 0 unspecified atom stereocenters. The van der Waals surface area contributed by atoms with E-state index in [1.54, 1.807) is 24.3 Å². The second-order valence-corrected chi connectivity index (χ2v) is 6.24. The topological polar surface area (TPSA) is 72.9 Å². The van der Waals surface area contributed by atoms with Crippen molar-refractivity contribution < 1.29 is 14.7 Å². The van der Waals surface area contributed by atoms with Crippen LogP contribution < -0.4 is 5.32 Å². The van der Waals surface area contributed by atoms with Crippen LogP contribution in [0.1, 0.15) is 25.7 Å². The highest BCUT2D eigenvalue weighted by Gasteiger charge is 2.30. The molecule has 2 heterocycles. The lowest BCUT2D eigenvalue weighted by Crippen LogP contribution is -2.47. The van der Waals surface area contributed by atoms with E-state index in [1.807, 2.05) is 9.80 Å². The molecule has 2 saturated heterocycles. The first-order valence-corrected chi connectivity index (χ1v) is 8.28. The Hall–Kier alpha value is -2.24. The third kappa shape index (κ3) is 3.57. The normalized spacial score (nSPS) is 19.0. The summed E-state index contributed by atoms with van der Waals surface area (Å²) in [5, 5.41) is 12.5. The number of rotatable bonds is 2. The van der Waals surface area contributed by atoms with Gasteiger partial charge in [-0.2, -0.15) is 0 Å². The fourth-order valence-electron chi connectivity index (χ4n) is 3.26. The van der Waals surface area contributed by atoms with Crippen LogP contribution in [0.4, 0.5) is 10.5 Å². The molecule has 1 aromatic carbocycles. The van der Waals surface area contributed by atoms with E-state index in [9.17, 15) is 14.7 Å². The van der Waals surface area contributed by atoms with Gasteiger partial charge in [-0.3, -0.25) is 4.79 Å². The summed E-state index contributed by atoms with van der Waals surface area (Å²) in [4.78, 5) is 28.4. The monoisotopic (exact) mass is 317 g/mol. The maximum Gasteiger partial charge on any atom is 0.319 e. The van der Waals surface area contributed by atoms with Crippen LogP contribution in [0.3, 0.4) is 0 Å². The molecule has 0 spiro atoms. The molecule has 0 saturated carbocycles.